The van der Waals surface area contributed by atoms with Crippen molar-refractivity contribution in [3.63, 3.8) is 0 Å². The molecule has 2 aromatic rings. The number of aliphatic hydroxyl groups is 2. The fourth-order valence-corrected chi connectivity index (χ4v) is 6.47. The van der Waals surface area contributed by atoms with Gasteiger partial charge >= 0.3 is 0 Å². The number of hydrogen-bond donors (Lipinski definition) is 3. The molecular formula is C28H44N4O2S. The standard InChI is InChI=1S/C28H44N4O2S/c1-27(2)10-11-28(3,4)22-17-20(8-9-21(22)27)24-19-35-26(30-24)32-15-13-31(14-16-32)12-6-7-25(34)23(18-33)29-5/h8-9,17,19,23,25,29,33-34H,6-7,10-16,18H2,1-5H3. The first-order chi connectivity index (χ1) is 16.6. The van der Waals surface area contributed by atoms with E-state index in [-0.39, 0.29) is 23.5 Å². The Bertz CT molecular complexity index is 977. The van der Waals surface area contributed by atoms with Gasteiger partial charge in [0, 0.05) is 37.1 Å². The summed E-state index contributed by atoms with van der Waals surface area (Å²) in [5.41, 5.74) is 5.75. The monoisotopic (exact) mass is 500 g/mol. The number of nitrogens with one attached hydrogen (secondary N) is 1. The molecule has 2 unspecified atom stereocenters. The number of fused-ring (bicyclic) bond motifs is 1. The third-order valence-electron chi connectivity index (χ3n) is 8.29. The van der Waals surface area contributed by atoms with Gasteiger partial charge in [0.05, 0.1) is 24.4 Å². The Morgan fingerprint density at radius 1 is 1.06 bits per heavy atom. The van der Waals surface area contributed by atoms with Gasteiger partial charge in [-0.05, 0) is 67.3 Å². The molecule has 2 heterocycles. The van der Waals surface area contributed by atoms with Gasteiger partial charge in [-0.25, -0.2) is 4.98 Å². The molecule has 0 amide bonds. The third-order valence-corrected chi connectivity index (χ3v) is 9.19. The van der Waals surface area contributed by atoms with Crippen molar-refractivity contribution < 1.29 is 10.2 Å². The minimum absolute atomic E-state index is 0.0344. The molecule has 1 aliphatic heterocycles. The summed E-state index contributed by atoms with van der Waals surface area (Å²) in [5, 5.41) is 25.8. The molecule has 1 aliphatic carbocycles. The zero-order valence-corrected chi connectivity index (χ0v) is 23.0. The molecule has 6 nitrogen and oxygen atoms in total. The second-order valence-corrected chi connectivity index (χ2v) is 12.5. The van der Waals surface area contributed by atoms with Crippen LogP contribution in [-0.2, 0) is 10.8 Å². The van der Waals surface area contributed by atoms with Crippen LogP contribution in [0.25, 0.3) is 11.3 Å². The number of thiazole rings is 1. The molecule has 1 fully saturated rings. The van der Waals surface area contributed by atoms with Crippen molar-refractivity contribution in [1.82, 2.24) is 15.2 Å². The largest absolute Gasteiger partial charge is 0.395 e. The van der Waals surface area contributed by atoms with Crippen LogP contribution in [0.2, 0.25) is 0 Å². The van der Waals surface area contributed by atoms with Gasteiger partial charge in [0.25, 0.3) is 0 Å². The Morgan fingerprint density at radius 3 is 2.40 bits per heavy atom. The van der Waals surface area contributed by atoms with Crippen molar-refractivity contribution in [3.8, 4) is 11.3 Å². The summed E-state index contributed by atoms with van der Waals surface area (Å²) in [5.74, 6) is 0. The summed E-state index contributed by atoms with van der Waals surface area (Å²) in [6, 6.07) is 6.78. The van der Waals surface area contributed by atoms with E-state index in [9.17, 15) is 10.2 Å². The SMILES string of the molecule is CNC(CO)C(O)CCCN1CCN(c2nc(-c3ccc4c(c3)C(C)(C)CCC4(C)C)cs2)CC1. The summed E-state index contributed by atoms with van der Waals surface area (Å²) in [6.45, 7) is 14.4. The van der Waals surface area contributed by atoms with Crippen molar-refractivity contribution in [2.75, 3.05) is 51.3 Å². The third kappa shape index (κ3) is 5.91. The molecule has 1 aromatic carbocycles. The second kappa shape index (κ2) is 10.9. The molecule has 4 rings (SSSR count). The fourth-order valence-electron chi connectivity index (χ4n) is 5.58. The molecule has 0 bridgehead atoms. The molecule has 0 spiro atoms. The van der Waals surface area contributed by atoms with Crippen LogP contribution in [0.3, 0.4) is 0 Å². The van der Waals surface area contributed by atoms with Crippen molar-refractivity contribution in [3.05, 3.63) is 34.7 Å². The molecule has 0 radical (unpaired) electrons. The Balaban J connectivity index is 1.34. The van der Waals surface area contributed by atoms with E-state index in [1.54, 1.807) is 18.4 Å². The number of piperazine rings is 1. The molecule has 0 saturated carbocycles. The van der Waals surface area contributed by atoms with Crippen LogP contribution in [0.5, 0.6) is 0 Å². The summed E-state index contributed by atoms with van der Waals surface area (Å²) in [4.78, 5) is 9.93. The molecule has 1 saturated heterocycles. The number of nitrogens with zero attached hydrogens (tertiary/aromatic N) is 3. The highest BCUT2D eigenvalue weighted by atomic mass is 32.1. The number of rotatable bonds is 9. The van der Waals surface area contributed by atoms with Crippen LogP contribution >= 0.6 is 11.3 Å². The quantitative estimate of drug-likeness (QED) is 0.483. The molecule has 7 heteroatoms. The highest BCUT2D eigenvalue weighted by Gasteiger charge is 2.37. The minimum Gasteiger partial charge on any atom is -0.395 e. The van der Waals surface area contributed by atoms with Gasteiger partial charge in [-0.2, -0.15) is 0 Å². The Labute approximate surface area is 215 Å². The number of anilines is 1. The molecule has 1 aromatic heterocycles. The second-order valence-electron chi connectivity index (χ2n) is 11.7. The van der Waals surface area contributed by atoms with Crippen LogP contribution in [0.1, 0.15) is 64.5 Å². The normalized spacial score (nSPS) is 21.5. The lowest BCUT2D eigenvalue weighted by Crippen LogP contribution is -2.47. The Hall–Kier alpha value is -1.51. The average molecular weight is 501 g/mol. The average Bonchev–Trinajstić information content (AvgIpc) is 3.33. The van der Waals surface area contributed by atoms with Gasteiger partial charge in [-0.1, -0.05) is 39.8 Å². The highest BCUT2D eigenvalue weighted by molar-refractivity contribution is 7.14. The van der Waals surface area contributed by atoms with E-state index in [0.717, 1.165) is 50.0 Å². The number of aromatic nitrogens is 1. The predicted octanol–water partition coefficient (Wildman–Crippen LogP) is 4.00. The van der Waals surface area contributed by atoms with Gasteiger partial charge in [-0.15, -0.1) is 11.3 Å². The van der Waals surface area contributed by atoms with E-state index in [2.05, 4.69) is 66.4 Å². The summed E-state index contributed by atoms with van der Waals surface area (Å²) in [6.07, 6.45) is 3.60. The predicted molar refractivity (Wildman–Crippen MR) is 147 cm³/mol. The Kier molecular flexibility index (Phi) is 8.23. The van der Waals surface area contributed by atoms with Gasteiger partial charge in [0.1, 0.15) is 0 Å². The van der Waals surface area contributed by atoms with Crippen molar-refractivity contribution in [1.29, 1.82) is 0 Å². The van der Waals surface area contributed by atoms with Crippen molar-refractivity contribution in [2.24, 2.45) is 0 Å². The molecule has 3 N–H and O–H groups in total. The summed E-state index contributed by atoms with van der Waals surface area (Å²) < 4.78 is 0. The van der Waals surface area contributed by atoms with E-state index < -0.39 is 6.10 Å². The lowest BCUT2D eigenvalue weighted by atomic mass is 9.63. The van der Waals surface area contributed by atoms with Gasteiger partial charge in [0.15, 0.2) is 5.13 Å². The maximum atomic E-state index is 10.2. The van der Waals surface area contributed by atoms with E-state index >= 15 is 0 Å². The molecule has 2 aliphatic rings. The molecule has 35 heavy (non-hydrogen) atoms. The highest BCUT2D eigenvalue weighted by Crippen LogP contribution is 2.46. The lowest BCUT2D eigenvalue weighted by Gasteiger charge is -2.42. The molecular weight excluding hydrogens is 456 g/mol. The summed E-state index contributed by atoms with van der Waals surface area (Å²) >= 11 is 1.75. The first kappa shape index (κ1) is 26.6. The van der Waals surface area contributed by atoms with Gasteiger partial charge in [0.2, 0.25) is 0 Å². The maximum absolute atomic E-state index is 10.2. The van der Waals surface area contributed by atoms with Gasteiger partial charge in [-0.3, -0.25) is 4.90 Å². The topological polar surface area (TPSA) is 71.9 Å². The fraction of sp³-hybridized carbons (Fsp3) is 0.679. The number of likely N-dealkylation sites (N-methyl/N-ethyl adjacent to an activating group) is 1. The van der Waals surface area contributed by atoms with Crippen LogP contribution < -0.4 is 10.2 Å². The van der Waals surface area contributed by atoms with Crippen molar-refractivity contribution >= 4 is 16.5 Å². The smallest absolute Gasteiger partial charge is 0.185 e. The van der Waals surface area contributed by atoms with E-state index in [0.29, 0.717) is 6.42 Å². The zero-order valence-electron chi connectivity index (χ0n) is 22.2. The Morgan fingerprint density at radius 2 is 1.74 bits per heavy atom. The van der Waals surface area contributed by atoms with E-state index in [1.807, 2.05) is 0 Å². The maximum Gasteiger partial charge on any atom is 0.185 e. The van der Waals surface area contributed by atoms with E-state index in [1.165, 1.54) is 29.5 Å². The first-order valence-corrected chi connectivity index (χ1v) is 14.1. The zero-order chi connectivity index (χ0) is 25.2. The van der Waals surface area contributed by atoms with Crippen LogP contribution in [0.15, 0.2) is 23.6 Å². The number of hydrogen-bond acceptors (Lipinski definition) is 7. The van der Waals surface area contributed by atoms with Crippen LogP contribution in [-0.4, -0.2) is 78.6 Å². The lowest BCUT2D eigenvalue weighted by molar-refractivity contribution is 0.0822. The van der Waals surface area contributed by atoms with Crippen molar-refractivity contribution in [2.45, 2.75) is 76.4 Å². The minimum atomic E-state index is -0.500. The van der Waals surface area contributed by atoms with Crippen LogP contribution in [0.4, 0.5) is 5.13 Å². The number of benzene rings is 1. The van der Waals surface area contributed by atoms with Gasteiger partial charge < -0.3 is 20.4 Å². The number of aliphatic hydroxyl groups excluding tert-OH is 2. The summed E-state index contributed by atoms with van der Waals surface area (Å²) in [7, 11) is 1.78. The first-order valence-electron chi connectivity index (χ1n) is 13.2. The molecule has 194 valence electrons. The molecule has 2 atom stereocenters. The van der Waals surface area contributed by atoms with Crippen LogP contribution in [0, 0.1) is 0 Å². The van der Waals surface area contributed by atoms with E-state index in [4.69, 9.17) is 4.98 Å².